The Kier molecular flexibility index (Phi) is 33.7. The van der Waals surface area contributed by atoms with Crippen LogP contribution in [-0.2, 0) is 99.7 Å². The van der Waals surface area contributed by atoms with Gasteiger partial charge in [0.1, 0.15) is 220 Å². The second kappa shape index (κ2) is 40.9. The third-order valence-electron chi connectivity index (χ3n) is 20.9. The number of aliphatic hydroxyl groups is 27. The van der Waals surface area contributed by atoms with E-state index < -0.39 is 371 Å². The van der Waals surface area contributed by atoms with Gasteiger partial charge in [0, 0.05) is 27.2 Å². The van der Waals surface area contributed by atoms with Crippen molar-refractivity contribution in [2.45, 2.75) is 309 Å². The van der Waals surface area contributed by atoms with Gasteiger partial charge in [-0.2, -0.15) is 0 Å². The lowest BCUT2D eigenvalue weighted by atomic mass is 9.90. The molecule has 9 saturated heterocycles. The molecule has 46 atom stereocenters. The molecule has 0 aromatic heterocycles. The Morgan fingerprint density at radius 1 is 0.357 bits per heavy atom. The van der Waals surface area contributed by atoms with E-state index >= 15 is 0 Å². The summed E-state index contributed by atoms with van der Waals surface area (Å²) < 4.78 is 99.1. The van der Waals surface area contributed by atoms with Crippen molar-refractivity contribution in [1.29, 1.82) is 0 Å². The highest BCUT2D eigenvalue weighted by Crippen LogP contribution is 2.42. The molecule has 31 N–H and O–H groups in total. The summed E-state index contributed by atoms with van der Waals surface area (Å²) in [7, 11) is 0. The van der Waals surface area contributed by atoms with Gasteiger partial charge < -0.3 is 239 Å². The molecule has 0 bridgehead atoms. The van der Waals surface area contributed by atoms with Gasteiger partial charge in [-0.05, 0) is 0 Å². The molecule has 0 radical (unpaired) electrons. The Labute approximate surface area is 649 Å². The molecule has 115 heavy (non-hydrogen) atoms. The molecule has 0 saturated carbocycles. The molecule has 52 nitrogen and oxygen atoms in total. The lowest BCUT2D eigenvalue weighted by molar-refractivity contribution is -0.401. The van der Waals surface area contributed by atoms with Gasteiger partial charge in [-0.3, -0.25) is 14.4 Å². The van der Waals surface area contributed by atoms with Crippen LogP contribution in [0.3, 0.4) is 0 Å². The number of aliphatic hydroxyl groups excluding tert-OH is 27. The molecular weight excluding hydrogens is 1580 g/mol. The number of hydrogen-bond donors (Lipinski definition) is 31. The van der Waals surface area contributed by atoms with Crippen molar-refractivity contribution in [3.05, 3.63) is 0 Å². The van der Waals surface area contributed by atoms with E-state index in [1.165, 1.54) is 0 Å². The van der Waals surface area contributed by atoms with Crippen LogP contribution in [0, 0.1) is 0 Å². The Balaban J connectivity index is 1.02. The summed E-state index contributed by atoms with van der Waals surface area (Å²) in [6.07, 6.45) is -92.6. The number of rotatable bonds is 31. The summed E-state index contributed by atoms with van der Waals surface area (Å²) in [5, 5.41) is 316. The van der Waals surface area contributed by atoms with E-state index in [9.17, 15) is 162 Å². The van der Waals surface area contributed by atoms with Crippen LogP contribution in [0.15, 0.2) is 0 Å². The highest BCUT2D eigenvalue weighted by molar-refractivity contribution is 5.76. The SMILES string of the molecule is CC(=O)N[C@H]1[C@H](O[C@H]2[C@H](O)[C@@H](NC(C)=O)C(O)O[C@@H]2CO)O[C@H](CO)[C@@H](O[C@@H]2O[C@H](CO[C@H]3O[C@H](CO)[C@@H](O)[C@H](O[C@H]4O[C@H](CO)[C@@H](O)[C@H](O)[C@@H]4O)[C@@H]3O)[C@@H](O)[C@H](O[C@H]3O[C@H](CO)[C@@H](O)[C@H](O)[C@@H]3O[C@@H]3O[C@H](CO)[C@@H](O[C@@H]4O[C@H](CO)[C@H](O)[C@H](O[C@]5(C(=O)O)C[C@H](O)[C@@H](O)[C@H]([C@H](O)[C@H](O)CO)O5)[C@H]4O)[C@H](O)[C@H]3NC(C)=O)[C@@H]2O)[C@@H]1O. The van der Waals surface area contributed by atoms with Gasteiger partial charge in [0.25, 0.3) is 5.79 Å². The van der Waals surface area contributed by atoms with Gasteiger partial charge >= 0.3 is 5.97 Å². The highest BCUT2D eigenvalue weighted by atomic mass is 16.8. The maximum absolute atomic E-state index is 13.1. The Bertz CT molecular complexity index is 3080. The fourth-order valence-corrected chi connectivity index (χ4v) is 14.7. The summed E-state index contributed by atoms with van der Waals surface area (Å²) in [4.78, 5) is 51.2. The van der Waals surface area contributed by atoms with Crippen molar-refractivity contribution < 1.29 is 243 Å². The van der Waals surface area contributed by atoms with E-state index in [1.807, 2.05) is 0 Å². The fourth-order valence-electron chi connectivity index (χ4n) is 14.7. The number of nitrogens with one attached hydrogen (secondary N) is 3. The molecule has 9 rings (SSSR count). The van der Waals surface area contributed by atoms with E-state index in [1.54, 1.807) is 0 Å². The molecule has 52 heteroatoms. The third-order valence-corrected chi connectivity index (χ3v) is 20.9. The second-order valence-corrected chi connectivity index (χ2v) is 28.9. The molecule has 9 heterocycles. The average Bonchev–Trinajstić information content (AvgIpc) is 0.751. The van der Waals surface area contributed by atoms with Crippen LogP contribution in [0.25, 0.3) is 0 Å². The zero-order valence-electron chi connectivity index (χ0n) is 61.1. The van der Waals surface area contributed by atoms with Crippen molar-refractivity contribution in [2.24, 2.45) is 0 Å². The lowest BCUT2D eigenvalue weighted by Gasteiger charge is -2.51. The van der Waals surface area contributed by atoms with E-state index in [2.05, 4.69) is 16.0 Å². The molecule has 9 aliphatic rings. The zero-order chi connectivity index (χ0) is 85.0. The van der Waals surface area contributed by atoms with Gasteiger partial charge in [-0.25, -0.2) is 4.79 Å². The number of carbonyl (C=O) groups is 4. The number of aliphatic carboxylic acids is 1. The zero-order valence-corrected chi connectivity index (χ0v) is 61.1. The largest absolute Gasteiger partial charge is 0.477 e. The molecule has 9 fully saturated rings. The van der Waals surface area contributed by atoms with Gasteiger partial charge in [0.2, 0.25) is 17.7 Å². The van der Waals surface area contributed by atoms with Crippen molar-refractivity contribution in [3.8, 4) is 0 Å². The summed E-state index contributed by atoms with van der Waals surface area (Å²) >= 11 is 0. The Morgan fingerprint density at radius 3 is 1.17 bits per heavy atom. The van der Waals surface area contributed by atoms with E-state index in [4.69, 9.17) is 80.5 Å². The monoisotopic (exact) mass is 1690 g/mol. The first-order chi connectivity index (χ1) is 54.3. The van der Waals surface area contributed by atoms with Crippen LogP contribution < -0.4 is 16.0 Å². The third kappa shape index (κ3) is 20.6. The average molecular weight is 1690 g/mol. The van der Waals surface area contributed by atoms with Crippen molar-refractivity contribution >= 4 is 23.7 Å². The molecule has 9 aliphatic heterocycles. The van der Waals surface area contributed by atoms with Gasteiger partial charge in [0.15, 0.2) is 50.3 Å². The molecule has 1 unspecified atom stereocenters. The van der Waals surface area contributed by atoms with Crippen LogP contribution in [0.5, 0.6) is 0 Å². The number of carbonyl (C=O) groups excluding carboxylic acids is 3. The van der Waals surface area contributed by atoms with Crippen LogP contribution in [0.1, 0.15) is 27.2 Å². The van der Waals surface area contributed by atoms with E-state index in [0.717, 1.165) is 20.8 Å². The van der Waals surface area contributed by atoms with Crippen LogP contribution in [-0.4, -0.2) is 508 Å². The maximum atomic E-state index is 13.1. The lowest BCUT2D eigenvalue weighted by Crippen LogP contribution is -2.71. The molecule has 666 valence electrons. The number of carboxylic acids is 1. The minimum atomic E-state index is -3.30. The summed E-state index contributed by atoms with van der Waals surface area (Å²) in [6.45, 7) is -7.58. The van der Waals surface area contributed by atoms with E-state index in [-0.39, 0.29) is 0 Å². The van der Waals surface area contributed by atoms with Crippen molar-refractivity contribution in [1.82, 2.24) is 16.0 Å². The number of ether oxygens (including phenoxy) is 17. The molecule has 3 amide bonds. The summed E-state index contributed by atoms with van der Waals surface area (Å²) in [5.41, 5.74) is 0. The minimum Gasteiger partial charge on any atom is -0.477 e. The van der Waals surface area contributed by atoms with Crippen LogP contribution >= 0.6 is 0 Å². The fraction of sp³-hybridized carbons (Fsp3) is 0.937. The van der Waals surface area contributed by atoms with Gasteiger partial charge in [0.05, 0.1) is 65.6 Å². The Hall–Kier alpha value is -3.88. The molecule has 0 aromatic carbocycles. The van der Waals surface area contributed by atoms with Crippen molar-refractivity contribution in [2.75, 3.05) is 59.5 Å². The standard InChI is InChI=1S/C63H105N3O49/c1-14(75)64-27-37(87)46(23(10-72)100-54(27)96)108-55-28(65-15(2)76)38(88)47(24(11-73)105-55)109-59-44(94)50(36(86)26(107-59)13-99-57-43(93)49(34(84)21(8-70)101-57)111-58-42(92)40(90)32(82)19(6-68)102-58)112-61-53(41(91)33(83)20(7-69)104-61)113-56-29(66-16(3)77)39(89)48(25(12-74)106-56)110-60-45(95)52(35(85)22(9-71)103-60)115-63(62(97)98)4-17(78)30(80)51(114-63)31(81)18(79)5-67/h17-61,67-74,78-96H,4-13H2,1-3H3,(H,64,75)(H,65,76)(H,66,77)(H,97,98)/t17-,18+,19+,20+,21+,22+,23+,24+,25+,26+,27+,28+,29+,30+,31+,32+,33+,34+,35-,36+,37+,38+,39+,40-,41-,42-,43-,44-,45+,46+,47+,48+,49-,50-,51+,52-,53-,54?,55-,56-,57-,58+,59-,60-,61+,63-/m0/s1. The van der Waals surface area contributed by atoms with Crippen LogP contribution in [0.4, 0.5) is 0 Å². The van der Waals surface area contributed by atoms with E-state index in [0.29, 0.717) is 0 Å². The normalized spacial score (nSPS) is 48.6. The number of hydrogen-bond acceptors (Lipinski definition) is 48. The van der Waals surface area contributed by atoms with Gasteiger partial charge in [-0.1, -0.05) is 0 Å². The first kappa shape index (κ1) is 95.0. The summed E-state index contributed by atoms with van der Waals surface area (Å²) in [6, 6.07) is -5.69. The highest BCUT2D eigenvalue weighted by Gasteiger charge is 2.63. The Morgan fingerprint density at radius 2 is 0.704 bits per heavy atom. The predicted molar refractivity (Wildman–Crippen MR) is 349 cm³/mol. The minimum absolute atomic E-state index is 0.793. The first-order valence-corrected chi connectivity index (χ1v) is 36.3. The maximum Gasteiger partial charge on any atom is 0.364 e. The number of amides is 3. The molecule has 0 spiro atoms. The number of carboxylic acid groups (broad SMARTS) is 1. The molecular formula is C63H105N3O49. The van der Waals surface area contributed by atoms with Gasteiger partial charge in [-0.15, -0.1) is 0 Å². The summed E-state index contributed by atoms with van der Waals surface area (Å²) in [5.74, 6) is -8.26. The molecule has 0 aliphatic carbocycles. The first-order valence-electron chi connectivity index (χ1n) is 36.3. The molecule has 0 aromatic rings. The smallest absolute Gasteiger partial charge is 0.364 e. The predicted octanol–water partition coefficient (Wildman–Crippen LogP) is -21.0. The quantitative estimate of drug-likeness (QED) is 0.0306. The van der Waals surface area contributed by atoms with Crippen LogP contribution in [0.2, 0.25) is 0 Å². The topological polar surface area (TPSA) is 828 Å². The second-order valence-electron chi connectivity index (χ2n) is 28.9. The van der Waals surface area contributed by atoms with Crippen molar-refractivity contribution in [3.63, 3.8) is 0 Å².